The summed E-state index contributed by atoms with van der Waals surface area (Å²) in [6.07, 6.45) is 0. The molecule has 0 aromatic carbocycles. The third-order valence-corrected chi connectivity index (χ3v) is 2.15. The third kappa shape index (κ3) is 5.22. The smallest absolute Gasteiger partial charge is 0.311 e. The standard InChI is InChI=1S/C11H23NO2/c1-6-12(7-2)8-9-14-10(13)11(3,4)5/h6-9H2,1-5H3. The molecule has 0 atom stereocenters. The van der Waals surface area contributed by atoms with Gasteiger partial charge < -0.3 is 9.64 Å². The Hall–Kier alpha value is -0.570. The number of carbonyl (C=O) groups is 1. The molecule has 0 spiro atoms. The lowest BCUT2D eigenvalue weighted by Gasteiger charge is -2.20. The van der Waals surface area contributed by atoms with Crippen LogP contribution in [0.5, 0.6) is 0 Å². The quantitative estimate of drug-likeness (QED) is 0.636. The first-order valence-electron chi connectivity index (χ1n) is 5.31. The Kier molecular flexibility index (Phi) is 5.77. The summed E-state index contributed by atoms with van der Waals surface area (Å²) >= 11 is 0. The summed E-state index contributed by atoms with van der Waals surface area (Å²) in [4.78, 5) is 13.6. The van der Waals surface area contributed by atoms with Crippen molar-refractivity contribution in [1.82, 2.24) is 4.90 Å². The molecule has 0 amide bonds. The van der Waals surface area contributed by atoms with E-state index in [2.05, 4.69) is 18.7 Å². The van der Waals surface area contributed by atoms with Crippen molar-refractivity contribution in [3.05, 3.63) is 0 Å². The molecule has 14 heavy (non-hydrogen) atoms. The van der Waals surface area contributed by atoms with Crippen molar-refractivity contribution in [2.24, 2.45) is 5.41 Å². The summed E-state index contributed by atoms with van der Waals surface area (Å²) in [5.41, 5.74) is -0.386. The maximum Gasteiger partial charge on any atom is 0.311 e. The van der Waals surface area contributed by atoms with E-state index in [1.165, 1.54) is 0 Å². The fraction of sp³-hybridized carbons (Fsp3) is 0.909. The topological polar surface area (TPSA) is 29.5 Å². The van der Waals surface area contributed by atoms with Crippen molar-refractivity contribution in [3.8, 4) is 0 Å². The molecular weight excluding hydrogens is 178 g/mol. The average Bonchev–Trinajstić information content (AvgIpc) is 2.10. The van der Waals surface area contributed by atoms with Crippen LogP contribution in [0.15, 0.2) is 0 Å². The van der Waals surface area contributed by atoms with Gasteiger partial charge in [-0.3, -0.25) is 4.79 Å². The van der Waals surface area contributed by atoms with Gasteiger partial charge in [-0.1, -0.05) is 13.8 Å². The van der Waals surface area contributed by atoms with E-state index in [0.717, 1.165) is 19.6 Å². The first kappa shape index (κ1) is 13.4. The van der Waals surface area contributed by atoms with Crippen molar-refractivity contribution in [2.75, 3.05) is 26.2 Å². The molecule has 0 unspecified atom stereocenters. The first-order chi connectivity index (χ1) is 6.41. The lowest BCUT2D eigenvalue weighted by molar-refractivity contribution is -0.153. The molecule has 0 aliphatic heterocycles. The van der Waals surface area contributed by atoms with Crippen LogP contribution >= 0.6 is 0 Å². The van der Waals surface area contributed by atoms with Crippen LogP contribution in [0, 0.1) is 5.41 Å². The van der Waals surface area contributed by atoms with Crippen LogP contribution in [0.25, 0.3) is 0 Å². The minimum Gasteiger partial charge on any atom is -0.464 e. The Bertz CT molecular complexity index is 169. The van der Waals surface area contributed by atoms with Crippen LogP contribution in [-0.4, -0.2) is 37.1 Å². The summed E-state index contributed by atoms with van der Waals surface area (Å²) in [5, 5.41) is 0. The minimum atomic E-state index is -0.386. The molecule has 0 bridgehead atoms. The molecule has 0 saturated carbocycles. The molecule has 0 saturated heterocycles. The van der Waals surface area contributed by atoms with Crippen molar-refractivity contribution >= 4 is 5.97 Å². The lowest BCUT2D eigenvalue weighted by atomic mass is 9.97. The lowest BCUT2D eigenvalue weighted by Crippen LogP contribution is -2.30. The van der Waals surface area contributed by atoms with E-state index >= 15 is 0 Å². The Balaban J connectivity index is 3.69. The van der Waals surface area contributed by atoms with E-state index in [-0.39, 0.29) is 11.4 Å². The van der Waals surface area contributed by atoms with E-state index in [9.17, 15) is 4.79 Å². The van der Waals surface area contributed by atoms with Gasteiger partial charge in [-0.25, -0.2) is 0 Å². The predicted octanol–water partition coefficient (Wildman–Crippen LogP) is 1.92. The van der Waals surface area contributed by atoms with E-state index in [4.69, 9.17) is 4.74 Å². The van der Waals surface area contributed by atoms with Gasteiger partial charge >= 0.3 is 5.97 Å². The molecular formula is C11H23NO2. The number of ether oxygens (including phenoxy) is 1. The SMILES string of the molecule is CCN(CC)CCOC(=O)C(C)(C)C. The van der Waals surface area contributed by atoms with Crippen molar-refractivity contribution in [2.45, 2.75) is 34.6 Å². The Morgan fingerprint density at radius 2 is 1.71 bits per heavy atom. The van der Waals surface area contributed by atoms with Gasteiger partial charge in [-0.15, -0.1) is 0 Å². The normalized spacial score (nSPS) is 11.9. The van der Waals surface area contributed by atoms with Gasteiger partial charge in [0.25, 0.3) is 0 Å². The molecule has 0 aromatic rings. The maximum atomic E-state index is 11.4. The number of rotatable bonds is 5. The molecule has 0 aromatic heterocycles. The molecule has 84 valence electrons. The number of likely N-dealkylation sites (N-methyl/N-ethyl adjacent to an activating group) is 1. The van der Waals surface area contributed by atoms with E-state index in [0.29, 0.717) is 6.61 Å². The van der Waals surface area contributed by atoms with Gasteiger partial charge in [-0.2, -0.15) is 0 Å². The molecule has 0 aliphatic rings. The zero-order valence-electron chi connectivity index (χ0n) is 10.1. The van der Waals surface area contributed by atoms with E-state index in [1.807, 2.05) is 20.8 Å². The zero-order valence-corrected chi connectivity index (χ0v) is 10.1. The second-order valence-electron chi connectivity index (χ2n) is 4.41. The van der Waals surface area contributed by atoms with E-state index in [1.54, 1.807) is 0 Å². The number of hydrogen-bond donors (Lipinski definition) is 0. The average molecular weight is 201 g/mol. The van der Waals surface area contributed by atoms with Gasteiger partial charge in [0.2, 0.25) is 0 Å². The van der Waals surface area contributed by atoms with Gasteiger partial charge in [0, 0.05) is 6.54 Å². The highest BCUT2D eigenvalue weighted by Gasteiger charge is 2.22. The summed E-state index contributed by atoms with van der Waals surface area (Å²) < 4.78 is 5.16. The number of nitrogens with zero attached hydrogens (tertiary/aromatic N) is 1. The Morgan fingerprint density at radius 3 is 2.07 bits per heavy atom. The highest BCUT2D eigenvalue weighted by atomic mass is 16.5. The maximum absolute atomic E-state index is 11.4. The Labute approximate surface area is 87.4 Å². The molecule has 0 heterocycles. The summed E-state index contributed by atoms with van der Waals surface area (Å²) in [6.45, 7) is 13.1. The Morgan fingerprint density at radius 1 is 1.21 bits per heavy atom. The monoisotopic (exact) mass is 201 g/mol. The molecule has 3 nitrogen and oxygen atoms in total. The zero-order chi connectivity index (χ0) is 11.2. The second kappa shape index (κ2) is 6.02. The minimum absolute atomic E-state index is 0.121. The van der Waals surface area contributed by atoms with Gasteiger partial charge in [0.05, 0.1) is 5.41 Å². The third-order valence-electron chi connectivity index (χ3n) is 2.15. The van der Waals surface area contributed by atoms with Crippen molar-refractivity contribution in [1.29, 1.82) is 0 Å². The van der Waals surface area contributed by atoms with Gasteiger partial charge in [0.15, 0.2) is 0 Å². The highest BCUT2D eigenvalue weighted by Crippen LogP contribution is 2.14. The number of carbonyl (C=O) groups excluding carboxylic acids is 1. The number of esters is 1. The second-order valence-corrected chi connectivity index (χ2v) is 4.41. The molecule has 0 fully saturated rings. The van der Waals surface area contributed by atoms with Crippen LogP contribution in [0.3, 0.4) is 0 Å². The summed E-state index contributed by atoms with van der Waals surface area (Å²) in [6, 6.07) is 0. The fourth-order valence-corrected chi connectivity index (χ4v) is 1.02. The van der Waals surface area contributed by atoms with Crippen LogP contribution in [0.2, 0.25) is 0 Å². The van der Waals surface area contributed by atoms with Crippen LogP contribution in [0.1, 0.15) is 34.6 Å². The predicted molar refractivity (Wildman–Crippen MR) is 58.2 cm³/mol. The van der Waals surface area contributed by atoms with Crippen LogP contribution in [0.4, 0.5) is 0 Å². The fourth-order valence-electron chi connectivity index (χ4n) is 1.02. The largest absolute Gasteiger partial charge is 0.464 e. The molecule has 3 heteroatoms. The molecule has 0 rings (SSSR count). The summed E-state index contributed by atoms with van der Waals surface area (Å²) in [7, 11) is 0. The van der Waals surface area contributed by atoms with Crippen molar-refractivity contribution in [3.63, 3.8) is 0 Å². The highest BCUT2D eigenvalue weighted by molar-refractivity contribution is 5.75. The molecule has 0 aliphatic carbocycles. The van der Waals surface area contributed by atoms with Gasteiger partial charge in [0.1, 0.15) is 6.61 Å². The van der Waals surface area contributed by atoms with Crippen LogP contribution < -0.4 is 0 Å². The van der Waals surface area contributed by atoms with Crippen LogP contribution in [-0.2, 0) is 9.53 Å². The van der Waals surface area contributed by atoms with Crippen molar-refractivity contribution < 1.29 is 9.53 Å². The van der Waals surface area contributed by atoms with Gasteiger partial charge in [-0.05, 0) is 33.9 Å². The molecule has 0 N–H and O–H groups in total. The first-order valence-corrected chi connectivity index (χ1v) is 5.31. The molecule has 0 radical (unpaired) electrons. The van der Waals surface area contributed by atoms with E-state index < -0.39 is 0 Å². The summed E-state index contributed by atoms with van der Waals surface area (Å²) in [5.74, 6) is -0.121. The number of hydrogen-bond acceptors (Lipinski definition) is 3.